The van der Waals surface area contributed by atoms with Crippen molar-refractivity contribution < 1.29 is 28.5 Å². The summed E-state index contributed by atoms with van der Waals surface area (Å²) in [4.78, 5) is 24.7. The molecule has 0 radical (unpaired) electrons. The molecule has 35 heavy (non-hydrogen) atoms. The van der Waals surface area contributed by atoms with Crippen molar-refractivity contribution in [2.75, 3.05) is 27.4 Å². The molecule has 0 aliphatic carbocycles. The Morgan fingerprint density at radius 2 is 0.886 bits per heavy atom. The van der Waals surface area contributed by atoms with Crippen LogP contribution in [0.2, 0.25) is 0 Å². The second kappa shape index (κ2) is 25.9. The molecule has 0 aliphatic rings. The number of hydrogen-bond acceptors (Lipinski definition) is 6. The fraction of sp³-hybridized carbons (Fsp3) is 0.931. The Morgan fingerprint density at radius 1 is 0.514 bits per heavy atom. The Labute approximate surface area is 216 Å². The zero-order valence-electron chi connectivity index (χ0n) is 23.5. The molecule has 6 nitrogen and oxygen atoms in total. The van der Waals surface area contributed by atoms with Crippen molar-refractivity contribution in [1.82, 2.24) is 0 Å². The van der Waals surface area contributed by atoms with E-state index in [1.54, 1.807) is 14.2 Å². The van der Waals surface area contributed by atoms with E-state index in [2.05, 4.69) is 13.8 Å². The molecule has 6 heteroatoms. The molecule has 0 aromatic rings. The smallest absolute Gasteiger partial charge is 0.306 e. The first-order valence-electron chi connectivity index (χ1n) is 14.4. The number of carbonyl (C=O) groups excluding carboxylic acids is 2. The monoisotopic (exact) mass is 500 g/mol. The van der Waals surface area contributed by atoms with Crippen molar-refractivity contribution in [2.45, 2.75) is 148 Å². The predicted octanol–water partition coefficient (Wildman–Crippen LogP) is 7.55. The highest BCUT2D eigenvalue weighted by Crippen LogP contribution is 2.17. The molecule has 0 spiro atoms. The highest BCUT2D eigenvalue weighted by Gasteiger charge is 2.16. The summed E-state index contributed by atoms with van der Waals surface area (Å²) in [5.41, 5.74) is 0. The molecule has 0 aliphatic heterocycles. The van der Waals surface area contributed by atoms with Gasteiger partial charge in [0, 0.05) is 40.3 Å². The van der Waals surface area contributed by atoms with Crippen LogP contribution in [-0.2, 0) is 28.5 Å². The Kier molecular flexibility index (Phi) is 25.1. The van der Waals surface area contributed by atoms with Gasteiger partial charge in [-0.15, -0.1) is 0 Å². The van der Waals surface area contributed by atoms with Gasteiger partial charge in [-0.25, -0.2) is 0 Å². The molecule has 2 atom stereocenters. The van der Waals surface area contributed by atoms with Gasteiger partial charge >= 0.3 is 11.9 Å². The quantitative estimate of drug-likeness (QED) is 0.0901. The molecule has 0 amide bonds. The maximum Gasteiger partial charge on any atom is 0.306 e. The lowest BCUT2D eigenvalue weighted by Gasteiger charge is -2.18. The summed E-state index contributed by atoms with van der Waals surface area (Å²) in [6.07, 6.45) is 18.0. The molecule has 0 heterocycles. The van der Waals surface area contributed by atoms with Gasteiger partial charge < -0.3 is 18.9 Å². The molecule has 208 valence electrons. The first kappa shape index (κ1) is 33.9. The van der Waals surface area contributed by atoms with Gasteiger partial charge in [0.2, 0.25) is 0 Å². The van der Waals surface area contributed by atoms with Crippen LogP contribution in [0.5, 0.6) is 0 Å². The summed E-state index contributed by atoms with van der Waals surface area (Å²) in [6.45, 7) is 5.80. The molecule has 0 saturated heterocycles. The van der Waals surface area contributed by atoms with E-state index in [1.807, 2.05) is 0 Å². The molecule has 0 bridgehead atoms. The third-order valence-corrected chi connectivity index (χ3v) is 6.37. The number of ether oxygens (including phenoxy) is 4. The minimum absolute atomic E-state index is 0.00291. The van der Waals surface area contributed by atoms with Gasteiger partial charge in [0.25, 0.3) is 0 Å². The first-order chi connectivity index (χ1) is 17.1. The van der Waals surface area contributed by atoms with Gasteiger partial charge in [-0.05, 0) is 64.2 Å². The van der Waals surface area contributed by atoms with E-state index >= 15 is 0 Å². The molecule has 0 saturated carbocycles. The fourth-order valence-electron chi connectivity index (χ4n) is 4.24. The van der Waals surface area contributed by atoms with E-state index in [4.69, 9.17) is 18.9 Å². The Hall–Kier alpha value is -1.14. The van der Waals surface area contributed by atoms with Crippen LogP contribution in [-0.4, -0.2) is 51.6 Å². The number of rotatable bonds is 26. The fourth-order valence-corrected chi connectivity index (χ4v) is 4.24. The summed E-state index contributed by atoms with van der Waals surface area (Å²) in [5.74, 6) is -0.230. The molecule has 0 N–H and O–H groups in total. The average Bonchev–Trinajstić information content (AvgIpc) is 2.84. The number of carbonyl (C=O) groups is 2. The van der Waals surface area contributed by atoms with Crippen molar-refractivity contribution in [2.24, 2.45) is 0 Å². The van der Waals surface area contributed by atoms with Crippen LogP contribution in [0.1, 0.15) is 136 Å². The van der Waals surface area contributed by atoms with Crippen molar-refractivity contribution in [1.29, 1.82) is 0 Å². The third kappa shape index (κ3) is 23.0. The maximum absolute atomic E-state index is 12.3. The normalized spacial score (nSPS) is 12.9. The van der Waals surface area contributed by atoms with Crippen LogP contribution in [0.4, 0.5) is 0 Å². The van der Waals surface area contributed by atoms with Gasteiger partial charge in [-0.2, -0.15) is 0 Å². The summed E-state index contributed by atoms with van der Waals surface area (Å²) in [5, 5.41) is 0. The topological polar surface area (TPSA) is 71.1 Å². The van der Waals surface area contributed by atoms with Gasteiger partial charge in [0.1, 0.15) is 12.2 Å². The molecule has 0 aromatic carbocycles. The largest absolute Gasteiger partial charge is 0.462 e. The van der Waals surface area contributed by atoms with Crippen LogP contribution in [0, 0.1) is 0 Å². The summed E-state index contributed by atoms with van der Waals surface area (Å²) in [7, 11) is 3.40. The molecule has 0 fully saturated rings. The van der Waals surface area contributed by atoms with Crippen LogP contribution >= 0.6 is 0 Å². The molecular formula is C29H56O6. The Morgan fingerprint density at radius 3 is 1.26 bits per heavy atom. The lowest BCUT2D eigenvalue weighted by molar-refractivity contribution is -0.150. The van der Waals surface area contributed by atoms with E-state index in [0.29, 0.717) is 26.1 Å². The van der Waals surface area contributed by atoms with Gasteiger partial charge in [0.15, 0.2) is 0 Å². The van der Waals surface area contributed by atoms with Gasteiger partial charge in [-0.3, -0.25) is 9.59 Å². The summed E-state index contributed by atoms with van der Waals surface area (Å²) >= 11 is 0. The van der Waals surface area contributed by atoms with Crippen molar-refractivity contribution in [3.63, 3.8) is 0 Å². The van der Waals surface area contributed by atoms with Crippen LogP contribution in [0.15, 0.2) is 0 Å². The van der Waals surface area contributed by atoms with Crippen molar-refractivity contribution in [3.8, 4) is 0 Å². The van der Waals surface area contributed by atoms with E-state index in [1.165, 1.54) is 38.5 Å². The summed E-state index contributed by atoms with van der Waals surface area (Å²) in [6, 6.07) is 0. The zero-order chi connectivity index (χ0) is 26.0. The second-order valence-corrected chi connectivity index (χ2v) is 9.75. The number of methoxy groups -OCH3 is 2. The standard InChI is InChI=1S/C29H56O6/c1-5-7-9-12-18-26(20-16-24-32-3)34-28(30)22-14-11-15-23-29(31)35-27(21-17-25-33-4)19-13-10-8-6-2/h26-27H,5-25H2,1-4H3. The molecule has 2 unspecified atom stereocenters. The van der Waals surface area contributed by atoms with Crippen LogP contribution in [0.25, 0.3) is 0 Å². The lowest BCUT2D eigenvalue weighted by Crippen LogP contribution is -2.19. The highest BCUT2D eigenvalue weighted by molar-refractivity contribution is 5.70. The molecule has 0 rings (SSSR count). The Bertz CT molecular complexity index is 440. The SMILES string of the molecule is CCCCCCC(CCCOC)OC(=O)CCCCCC(=O)OC(CCCCCC)CCCOC. The minimum Gasteiger partial charge on any atom is -0.462 e. The van der Waals surface area contributed by atoms with E-state index in [9.17, 15) is 9.59 Å². The maximum atomic E-state index is 12.3. The van der Waals surface area contributed by atoms with Gasteiger partial charge in [-0.1, -0.05) is 58.8 Å². The van der Waals surface area contributed by atoms with E-state index in [0.717, 1.165) is 70.6 Å². The average molecular weight is 501 g/mol. The van der Waals surface area contributed by atoms with Crippen molar-refractivity contribution >= 4 is 11.9 Å². The molecular weight excluding hydrogens is 444 g/mol. The third-order valence-electron chi connectivity index (χ3n) is 6.37. The first-order valence-corrected chi connectivity index (χ1v) is 14.4. The van der Waals surface area contributed by atoms with Crippen LogP contribution < -0.4 is 0 Å². The predicted molar refractivity (Wildman–Crippen MR) is 143 cm³/mol. The minimum atomic E-state index is -0.115. The Balaban J connectivity index is 4.15. The number of esters is 2. The highest BCUT2D eigenvalue weighted by atomic mass is 16.5. The van der Waals surface area contributed by atoms with Crippen LogP contribution in [0.3, 0.4) is 0 Å². The van der Waals surface area contributed by atoms with Gasteiger partial charge in [0.05, 0.1) is 0 Å². The summed E-state index contributed by atoms with van der Waals surface area (Å²) < 4.78 is 21.8. The van der Waals surface area contributed by atoms with E-state index in [-0.39, 0.29) is 24.1 Å². The lowest BCUT2D eigenvalue weighted by atomic mass is 10.1. The second-order valence-electron chi connectivity index (χ2n) is 9.75. The molecule has 0 aromatic heterocycles. The zero-order valence-corrected chi connectivity index (χ0v) is 23.5. The number of hydrogen-bond donors (Lipinski definition) is 0. The number of unbranched alkanes of at least 4 members (excludes halogenated alkanes) is 8. The van der Waals surface area contributed by atoms with Crippen molar-refractivity contribution in [3.05, 3.63) is 0 Å². The van der Waals surface area contributed by atoms with E-state index < -0.39 is 0 Å².